The minimum absolute atomic E-state index is 0.00818. The molecule has 1 aromatic carbocycles. The van der Waals surface area contributed by atoms with Crippen molar-refractivity contribution in [1.82, 2.24) is 4.57 Å². The van der Waals surface area contributed by atoms with Crippen molar-refractivity contribution in [1.29, 1.82) is 0 Å². The van der Waals surface area contributed by atoms with Gasteiger partial charge in [-0.15, -0.1) is 0 Å². The quantitative estimate of drug-likeness (QED) is 0.848. The van der Waals surface area contributed by atoms with Gasteiger partial charge < -0.3 is 19.5 Å². The number of carbonyl (C=O) groups is 1. The van der Waals surface area contributed by atoms with Crippen LogP contribution < -0.4 is 10.2 Å². The van der Waals surface area contributed by atoms with Crippen LogP contribution in [0.4, 0.5) is 0 Å². The van der Waals surface area contributed by atoms with Gasteiger partial charge in [0.05, 0.1) is 11.8 Å². The molecular weight excluding hydrogens is 358 g/mol. The Bertz CT molecular complexity index is 982. The number of rotatable bonds is 4. The van der Waals surface area contributed by atoms with E-state index in [2.05, 4.69) is 0 Å². The molecule has 146 valence electrons. The third kappa shape index (κ3) is 2.75. The minimum atomic E-state index is -1.26. The van der Waals surface area contributed by atoms with Gasteiger partial charge in [-0.1, -0.05) is 18.2 Å². The fourth-order valence-electron chi connectivity index (χ4n) is 6.14. The number of aliphatic hydroxyl groups is 1. The highest BCUT2D eigenvalue weighted by Crippen LogP contribution is 2.60. The molecule has 4 aliphatic carbocycles. The molecule has 0 radical (unpaired) electrons. The molecule has 0 spiro atoms. The SMILES string of the molecule is O=C(O)c1cn(C23C[C@@H]4C[C@@H](CC(O)(C4)C2)C3)cc(Oc2ccccc2)c1=O. The van der Waals surface area contributed by atoms with Crippen LogP contribution >= 0.6 is 0 Å². The number of benzene rings is 1. The molecule has 4 fully saturated rings. The highest BCUT2D eigenvalue weighted by Gasteiger charge is 2.58. The van der Waals surface area contributed by atoms with E-state index in [1.807, 2.05) is 10.6 Å². The Labute approximate surface area is 162 Å². The predicted molar refractivity (Wildman–Crippen MR) is 102 cm³/mol. The van der Waals surface area contributed by atoms with Crippen molar-refractivity contribution >= 4 is 5.97 Å². The van der Waals surface area contributed by atoms with Crippen molar-refractivity contribution in [3.63, 3.8) is 0 Å². The van der Waals surface area contributed by atoms with Crippen LogP contribution in [-0.4, -0.2) is 26.4 Å². The fourth-order valence-corrected chi connectivity index (χ4v) is 6.14. The summed E-state index contributed by atoms with van der Waals surface area (Å²) in [6, 6.07) is 8.89. The van der Waals surface area contributed by atoms with E-state index in [9.17, 15) is 19.8 Å². The molecule has 6 nitrogen and oxygen atoms in total. The van der Waals surface area contributed by atoms with Crippen molar-refractivity contribution < 1.29 is 19.7 Å². The average Bonchev–Trinajstić information content (AvgIpc) is 2.62. The fraction of sp³-hybridized carbons (Fsp3) is 0.455. The van der Waals surface area contributed by atoms with E-state index < -0.39 is 17.0 Å². The van der Waals surface area contributed by atoms with Gasteiger partial charge >= 0.3 is 5.97 Å². The topological polar surface area (TPSA) is 88.8 Å². The molecule has 0 saturated heterocycles. The summed E-state index contributed by atoms with van der Waals surface area (Å²) in [7, 11) is 0. The van der Waals surface area contributed by atoms with Gasteiger partial charge in [-0.3, -0.25) is 4.79 Å². The highest BCUT2D eigenvalue weighted by atomic mass is 16.5. The van der Waals surface area contributed by atoms with Crippen molar-refractivity contribution in [3.8, 4) is 11.5 Å². The van der Waals surface area contributed by atoms with Crippen LogP contribution in [0.5, 0.6) is 11.5 Å². The summed E-state index contributed by atoms with van der Waals surface area (Å²) in [5.41, 5.74) is -1.96. The predicted octanol–water partition coefficient (Wildman–Crippen LogP) is 3.38. The lowest BCUT2D eigenvalue weighted by Crippen LogP contribution is -2.59. The number of pyridine rings is 1. The van der Waals surface area contributed by atoms with Crippen molar-refractivity contribution in [3.05, 3.63) is 58.5 Å². The van der Waals surface area contributed by atoms with Crippen molar-refractivity contribution in [2.45, 2.75) is 49.7 Å². The molecular formula is C22H23NO5. The molecule has 1 heterocycles. The van der Waals surface area contributed by atoms with E-state index in [1.165, 1.54) is 6.20 Å². The lowest BCUT2D eigenvalue weighted by molar-refractivity contribution is -0.156. The smallest absolute Gasteiger partial charge is 0.341 e. The first-order chi connectivity index (χ1) is 13.4. The summed E-state index contributed by atoms with van der Waals surface area (Å²) < 4.78 is 7.63. The monoisotopic (exact) mass is 381 g/mol. The largest absolute Gasteiger partial charge is 0.477 e. The number of hydrogen-bond donors (Lipinski definition) is 2. The lowest BCUT2D eigenvalue weighted by Gasteiger charge is -2.60. The Hall–Kier alpha value is -2.60. The van der Waals surface area contributed by atoms with Gasteiger partial charge in [0.2, 0.25) is 5.43 Å². The number of aromatic nitrogens is 1. The number of hydrogen-bond acceptors (Lipinski definition) is 4. The summed E-state index contributed by atoms with van der Waals surface area (Å²) in [5.74, 6) is 0.113. The molecule has 0 aliphatic heterocycles. The molecule has 1 aromatic heterocycles. The van der Waals surface area contributed by atoms with Gasteiger partial charge in [-0.2, -0.15) is 0 Å². The molecule has 4 atom stereocenters. The molecule has 0 amide bonds. The van der Waals surface area contributed by atoms with Crippen LogP contribution in [0, 0.1) is 11.8 Å². The number of carboxylic acids is 1. The Kier molecular flexibility index (Phi) is 3.72. The molecule has 4 bridgehead atoms. The van der Waals surface area contributed by atoms with E-state index in [1.54, 1.807) is 30.5 Å². The van der Waals surface area contributed by atoms with Gasteiger partial charge in [0.25, 0.3) is 0 Å². The summed E-state index contributed by atoms with van der Waals surface area (Å²) in [6.07, 6.45) is 8.26. The molecule has 4 saturated carbocycles. The van der Waals surface area contributed by atoms with Crippen LogP contribution in [0.1, 0.15) is 48.9 Å². The summed E-state index contributed by atoms with van der Waals surface area (Å²) in [4.78, 5) is 24.4. The van der Waals surface area contributed by atoms with Crippen LogP contribution in [0.3, 0.4) is 0 Å². The van der Waals surface area contributed by atoms with Crippen molar-refractivity contribution in [2.75, 3.05) is 0 Å². The van der Waals surface area contributed by atoms with Gasteiger partial charge in [0.1, 0.15) is 11.3 Å². The van der Waals surface area contributed by atoms with Gasteiger partial charge in [-0.05, 0) is 62.5 Å². The molecule has 6 rings (SSSR count). The van der Waals surface area contributed by atoms with Crippen LogP contribution in [0.15, 0.2) is 47.5 Å². The second-order valence-corrected chi connectivity index (χ2v) is 8.90. The zero-order chi connectivity index (χ0) is 19.5. The maximum absolute atomic E-state index is 12.7. The maximum atomic E-state index is 12.7. The maximum Gasteiger partial charge on any atom is 0.341 e. The van der Waals surface area contributed by atoms with E-state index in [0.717, 1.165) is 32.1 Å². The Morgan fingerprint density at radius 1 is 1.07 bits per heavy atom. The average molecular weight is 381 g/mol. The van der Waals surface area contributed by atoms with Crippen LogP contribution in [-0.2, 0) is 5.54 Å². The van der Waals surface area contributed by atoms with Crippen LogP contribution in [0.2, 0.25) is 0 Å². The van der Waals surface area contributed by atoms with Crippen LogP contribution in [0.25, 0.3) is 0 Å². The van der Waals surface area contributed by atoms with Gasteiger partial charge in [0, 0.05) is 11.7 Å². The molecule has 2 N–H and O–H groups in total. The second-order valence-electron chi connectivity index (χ2n) is 8.90. The van der Waals surface area contributed by atoms with Gasteiger partial charge in [0.15, 0.2) is 5.75 Å². The van der Waals surface area contributed by atoms with Gasteiger partial charge in [-0.25, -0.2) is 4.79 Å². The second kappa shape index (κ2) is 5.95. The Balaban J connectivity index is 1.62. The zero-order valence-corrected chi connectivity index (χ0v) is 15.5. The molecule has 4 aliphatic rings. The van der Waals surface area contributed by atoms with E-state index in [-0.39, 0.29) is 16.9 Å². The summed E-state index contributed by atoms with van der Waals surface area (Å²) in [6.45, 7) is 0. The number of aromatic carboxylic acids is 1. The standard InChI is InChI=1S/C22H23NO5/c24-19-17(20(25)26)11-23(12-18(19)28-16-4-2-1-3-5-16)21-7-14-6-15(8-21)10-22(27,9-14)13-21/h1-5,11-12,14-15,27H,6-10,13H2,(H,25,26)/t14-,15+,21?,22?. The first-order valence-corrected chi connectivity index (χ1v) is 9.81. The third-order valence-electron chi connectivity index (χ3n) is 6.74. The Morgan fingerprint density at radius 3 is 2.36 bits per heavy atom. The van der Waals surface area contributed by atoms with E-state index in [0.29, 0.717) is 24.0 Å². The third-order valence-corrected chi connectivity index (χ3v) is 6.74. The first-order valence-electron chi connectivity index (χ1n) is 9.81. The zero-order valence-electron chi connectivity index (χ0n) is 15.5. The normalized spacial score (nSPS) is 33.0. The number of carboxylic acid groups (broad SMARTS) is 1. The van der Waals surface area contributed by atoms with E-state index in [4.69, 9.17) is 4.74 Å². The summed E-state index contributed by atoms with van der Waals surface area (Å²) in [5, 5.41) is 20.6. The number of nitrogens with zero attached hydrogens (tertiary/aromatic N) is 1. The van der Waals surface area contributed by atoms with Crippen molar-refractivity contribution in [2.24, 2.45) is 11.8 Å². The number of ether oxygens (including phenoxy) is 1. The molecule has 2 aromatic rings. The van der Waals surface area contributed by atoms with E-state index >= 15 is 0 Å². The lowest BCUT2D eigenvalue weighted by atomic mass is 9.51. The Morgan fingerprint density at radius 2 is 1.75 bits per heavy atom. The molecule has 6 heteroatoms. The highest BCUT2D eigenvalue weighted by molar-refractivity contribution is 5.87. The first kappa shape index (κ1) is 17.5. The minimum Gasteiger partial charge on any atom is -0.477 e. The molecule has 2 unspecified atom stereocenters. The summed E-state index contributed by atoms with van der Waals surface area (Å²) >= 11 is 0. The number of para-hydroxylation sites is 1. The molecule has 28 heavy (non-hydrogen) atoms.